The summed E-state index contributed by atoms with van der Waals surface area (Å²) in [5.41, 5.74) is 4.50. The molecule has 0 aliphatic heterocycles. The van der Waals surface area contributed by atoms with Crippen LogP contribution in [-0.2, 0) is 21.9 Å². The third kappa shape index (κ3) is 5.75. The molecule has 1 aromatic heterocycles. The molecule has 0 spiro atoms. The van der Waals surface area contributed by atoms with Crippen LogP contribution in [0, 0.1) is 6.92 Å². The summed E-state index contributed by atoms with van der Waals surface area (Å²) in [4.78, 5) is 16.7. The number of hydrogen-bond acceptors (Lipinski definition) is 5. The molecule has 0 N–H and O–H groups in total. The molecule has 178 valence electrons. The molecular weight excluding hydrogens is 450 g/mol. The molecule has 2 aromatic carbocycles. The third-order valence-corrected chi connectivity index (χ3v) is 5.78. The Balaban J connectivity index is 2.03. The van der Waals surface area contributed by atoms with Crippen molar-refractivity contribution >= 4 is 35.1 Å². The number of allylic oxidation sites excluding steroid dienone is 1. The summed E-state index contributed by atoms with van der Waals surface area (Å²) in [6.45, 7) is 8.02. The van der Waals surface area contributed by atoms with E-state index in [0.29, 0.717) is 33.3 Å². The van der Waals surface area contributed by atoms with E-state index in [9.17, 15) is 4.79 Å². The van der Waals surface area contributed by atoms with Gasteiger partial charge in [-0.3, -0.25) is 9.67 Å². The SMILES string of the molecule is C/N=C\C(=C(\OCOC(=O)c1ccccc1)c1c(Cl)c(C)nn1C)c1ccc(C(C)(C)C)cc1. The van der Waals surface area contributed by atoms with Gasteiger partial charge < -0.3 is 9.47 Å². The van der Waals surface area contributed by atoms with Crippen molar-refractivity contribution in [3.8, 4) is 0 Å². The maximum atomic E-state index is 12.4. The van der Waals surface area contributed by atoms with Crippen LogP contribution in [0.2, 0.25) is 5.02 Å². The predicted octanol–water partition coefficient (Wildman–Crippen LogP) is 6.08. The maximum Gasteiger partial charge on any atom is 0.340 e. The summed E-state index contributed by atoms with van der Waals surface area (Å²) in [7, 11) is 3.48. The molecule has 0 amide bonds. The highest BCUT2D eigenvalue weighted by molar-refractivity contribution is 6.33. The van der Waals surface area contributed by atoms with E-state index in [1.807, 2.05) is 25.1 Å². The number of aromatic nitrogens is 2. The highest BCUT2D eigenvalue weighted by Gasteiger charge is 2.23. The molecule has 3 rings (SSSR count). The Labute approximate surface area is 205 Å². The lowest BCUT2D eigenvalue weighted by Gasteiger charge is -2.20. The highest BCUT2D eigenvalue weighted by atomic mass is 35.5. The van der Waals surface area contributed by atoms with Crippen molar-refractivity contribution in [1.82, 2.24) is 9.78 Å². The van der Waals surface area contributed by atoms with Gasteiger partial charge in [-0.05, 0) is 35.6 Å². The fourth-order valence-corrected chi connectivity index (χ4v) is 3.74. The number of aliphatic imine (C=N–C) groups is 1. The van der Waals surface area contributed by atoms with Crippen molar-refractivity contribution in [2.75, 3.05) is 13.8 Å². The minimum Gasteiger partial charge on any atom is -0.454 e. The lowest BCUT2D eigenvalue weighted by Crippen LogP contribution is -2.12. The van der Waals surface area contributed by atoms with E-state index in [1.165, 1.54) is 5.56 Å². The summed E-state index contributed by atoms with van der Waals surface area (Å²) in [5, 5.41) is 4.88. The fourth-order valence-electron chi connectivity index (χ4n) is 3.50. The Morgan fingerprint density at radius 3 is 2.24 bits per heavy atom. The highest BCUT2D eigenvalue weighted by Crippen LogP contribution is 2.33. The quantitative estimate of drug-likeness (QED) is 0.178. The van der Waals surface area contributed by atoms with Gasteiger partial charge in [0.1, 0.15) is 5.69 Å². The minimum absolute atomic E-state index is 0.0225. The smallest absolute Gasteiger partial charge is 0.340 e. The van der Waals surface area contributed by atoms with Gasteiger partial charge in [0.25, 0.3) is 0 Å². The van der Waals surface area contributed by atoms with E-state index in [-0.39, 0.29) is 12.2 Å². The number of benzene rings is 2. The maximum absolute atomic E-state index is 12.4. The number of esters is 1. The van der Waals surface area contributed by atoms with Gasteiger partial charge in [-0.2, -0.15) is 5.10 Å². The molecule has 7 heteroatoms. The summed E-state index contributed by atoms with van der Waals surface area (Å²) >= 11 is 6.61. The normalized spacial score (nSPS) is 12.6. The molecule has 0 saturated carbocycles. The first kappa shape index (κ1) is 25.2. The topological polar surface area (TPSA) is 65.7 Å². The number of carbonyl (C=O) groups is 1. The number of halogens is 1. The van der Waals surface area contributed by atoms with Gasteiger partial charge in [-0.1, -0.05) is 74.8 Å². The van der Waals surface area contributed by atoms with Crippen molar-refractivity contribution < 1.29 is 14.3 Å². The molecule has 3 aromatic rings. The van der Waals surface area contributed by atoms with Crippen LogP contribution in [0.25, 0.3) is 11.3 Å². The van der Waals surface area contributed by atoms with Gasteiger partial charge in [0.05, 0.1) is 16.3 Å². The standard InChI is InChI=1S/C27H30ClN3O3/c1-18-23(28)24(31(6)30-18)25(33-17-34-26(32)20-10-8-7-9-11-20)22(16-29-5)19-12-14-21(15-13-19)27(2,3)4/h7-16H,17H2,1-6H3/b25-22-,29-16-. The number of carbonyl (C=O) groups excluding carboxylic acids is 1. The van der Waals surface area contributed by atoms with E-state index in [4.69, 9.17) is 21.1 Å². The Morgan fingerprint density at radius 1 is 1.06 bits per heavy atom. The molecule has 6 nitrogen and oxygen atoms in total. The van der Waals surface area contributed by atoms with Crippen molar-refractivity contribution in [3.05, 3.63) is 87.7 Å². The van der Waals surface area contributed by atoms with Crippen LogP contribution in [0.4, 0.5) is 0 Å². The van der Waals surface area contributed by atoms with Crippen LogP contribution in [0.1, 0.15) is 53.6 Å². The van der Waals surface area contributed by atoms with Gasteiger partial charge >= 0.3 is 5.97 Å². The molecule has 0 aliphatic carbocycles. The monoisotopic (exact) mass is 479 g/mol. The molecule has 0 saturated heterocycles. The Morgan fingerprint density at radius 2 is 1.71 bits per heavy atom. The zero-order valence-corrected chi connectivity index (χ0v) is 21.2. The Hall–Kier alpha value is -3.38. The van der Waals surface area contributed by atoms with Crippen LogP contribution >= 0.6 is 11.6 Å². The molecule has 0 atom stereocenters. The van der Waals surface area contributed by atoms with Crippen LogP contribution < -0.4 is 0 Å². The molecule has 34 heavy (non-hydrogen) atoms. The van der Waals surface area contributed by atoms with Gasteiger partial charge in [0.2, 0.25) is 6.79 Å². The molecule has 0 bridgehead atoms. The van der Waals surface area contributed by atoms with Crippen LogP contribution in [-0.4, -0.2) is 35.8 Å². The summed E-state index contributed by atoms with van der Waals surface area (Å²) < 4.78 is 13.1. The second-order valence-electron chi connectivity index (χ2n) is 8.89. The first-order chi connectivity index (χ1) is 16.1. The van der Waals surface area contributed by atoms with Crippen molar-refractivity contribution in [1.29, 1.82) is 0 Å². The molecule has 0 radical (unpaired) electrons. The lowest BCUT2D eigenvalue weighted by atomic mass is 9.86. The lowest BCUT2D eigenvalue weighted by molar-refractivity contribution is 0.00664. The van der Waals surface area contributed by atoms with Crippen molar-refractivity contribution in [2.24, 2.45) is 12.0 Å². The second kappa shape index (κ2) is 10.7. The molecular formula is C27H30ClN3O3. The van der Waals surface area contributed by atoms with Crippen LogP contribution in [0.15, 0.2) is 59.6 Å². The zero-order chi connectivity index (χ0) is 24.9. The molecule has 1 heterocycles. The average molecular weight is 480 g/mol. The number of aryl methyl sites for hydroxylation is 2. The van der Waals surface area contributed by atoms with Crippen LogP contribution in [0.3, 0.4) is 0 Å². The predicted molar refractivity (Wildman–Crippen MR) is 137 cm³/mol. The second-order valence-corrected chi connectivity index (χ2v) is 9.27. The summed E-state index contributed by atoms with van der Waals surface area (Å²) in [6.07, 6.45) is 1.71. The first-order valence-electron chi connectivity index (χ1n) is 10.9. The number of hydrogen-bond donors (Lipinski definition) is 0. The van der Waals surface area contributed by atoms with Crippen molar-refractivity contribution in [2.45, 2.75) is 33.1 Å². The molecule has 0 unspecified atom stereocenters. The van der Waals surface area contributed by atoms with E-state index < -0.39 is 5.97 Å². The van der Waals surface area contributed by atoms with Crippen LogP contribution in [0.5, 0.6) is 0 Å². The average Bonchev–Trinajstić information content (AvgIpc) is 3.06. The van der Waals surface area contributed by atoms with E-state index >= 15 is 0 Å². The largest absolute Gasteiger partial charge is 0.454 e. The van der Waals surface area contributed by atoms with E-state index in [2.05, 4.69) is 43.0 Å². The number of ether oxygens (including phenoxy) is 2. The first-order valence-corrected chi connectivity index (χ1v) is 11.3. The summed E-state index contributed by atoms with van der Waals surface area (Å²) in [5.74, 6) is -0.0597. The van der Waals surface area contributed by atoms with E-state index in [0.717, 1.165) is 5.56 Å². The fraction of sp³-hybridized carbons (Fsp3) is 0.296. The minimum atomic E-state index is -0.479. The Kier molecular flexibility index (Phi) is 7.94. The third-order valence-electron chi connectivity index (χ3n) is 5.33. The summed E-state index contributed by atoms with van der Waals surface area (Å²) in [6, 6.07) is 17.0. The van der Waals surface area contributed by atoms with Gasteiger partial charge in [0.15, 0.2) is 5.76 Å². The number of nitrogens with zero attached hydrogens (tertiary/aromatic N) is 3. The molecule has 0 aliphatic rings. The zero-order valence-electron chi connectivity index (χ0n) is 20.4. The van der Waals surface area contributed by atoms with Gasteiger partial charge in [0, 0.05) is 25.9 Å². The molecule has 0 fully saturated rings. The van der Waals surface area contributed by atoms with Gasteiger partial charge in [-0.25, -0.2) is 4.79 Å². The Bertz CT molecular complexity index is 1200. The van der Waals surface area contributed by atoms with E-state index in [1.54, 1.807) is 49.3 Å². The number of rotatable bonds is 7. The van der Waals surface area contributed by atoms with Crippen molar-refractivity contribution in [3.63, 3.8) is 0 Å². The van der Waals surface area contributed by atoms with Gasteiger partial charge in [-0.15, -0.1) is 0 Å².